The molecule has 1 fully saturated rings. The van der Waals surface area contributed by atoms with Crippen LogP contribution in [0.3, 0.4) is 0 Å². The number of carbonyl (C=O) groups is 1. The SMILES string of the molecule is CN(C)CCc1cncc(C#Cc2ccc(O)c(N3CC(=O)NS3(=O)=O)c2F)c1. The number of carbonyl (C=O) groups excluding carboxylic acids is 1. The molecule has 0 aliphatic carbocycles. The van der Waals surface area contributed by atoms with Crippen LogP contribution in [0.4, 0.5) is 10.1 Å². The minimum atomic E-state index is -4.27. The molecule has 2 aromatic rings. The lowest BCUT2D eigenvalue weighted by molar-refractivity contribution is -0.117. The fraction of sp³-hybridized carbons (Fsp3) is 0.263. The van der Waals surface area contributed by atoms with Crippen molar-refractivity contribution in [2.75, 3.05) is 31.5 Å². The minimum Gasteiger partial charge on any atom is -0.506 e. The predicted molar refractivity (Wildman–Crippen MR) is 105 cm³/mol. The number of halogens is 1. The number of anilines is 1. The van der Waals surface area contributed by atoms with Crippen molar-refractivity contribution in [1.82, 2.24) is 14.6 Å². The van der Waals surface area contributed by atoms with E-state index in [4.69, 9.17) is 0 Å². The Labute approximate surface area is 168 Å². The van der Waals surface area contributed by atoms with E-state index in [2.05, 4.69) is 16.8 Å². The van der Waals surface area contributed by atoms with Gasteiger partial charge in [0.1, 0.15) is 18.0 Å². The maximum absolute atomic E-state index is 14.9. The second kappa shape index (κ2) is 8.06. The molecule has 2 heterocycles. The number of pyridine rings is 1. The molecular weight excluding hydrogens is 399 g/mol. The van der Waals surface area contributed by atoms with Gasteiger partial charge in [0.2, 0.25) is 0 Å². The molecule has 0 saturated carbocycles. The number of aromatic nitrogens is 1. The first-order valence-corrected chi connectivity index (χ1v) is 10.1. The van der Waals surface area contributed by atoms with Gasteiger partial charge in [-0.05, 0) is 44.3 Å². The summed E-state index contributed by atoms with van der Waals surface area (Å²) in [6.07, 6.45) is 4.05. The third-order valence-corrected chi connectivity index (χ3v) is 5.53. The number of aromatic hydroxyl groups is 1. The molecule has 2 N–H and O–H groups in total. The fourth-order valence-electron chi connectivity index (χ4n) is 2.72. The van der Waals surface area contributed by atoms with Crippen LogP contribution in [0.15, 0.2) is 30.6 Å². The van der Waals surface area contributed by atoms with Gasteiger partial charge in [-0.3, -0.25) is 9.78 Å². The smallest absolute Gasteiger partial charge is 0.326 e. The molecule has 1 amide bonds. The van der Waals surface area contributed by atoms with Crippen LogP contribution in [0.25, 0.3) is 0 Å². The summed E-state index contributed by atoms with van der Waals surface area (Å²) in [6.45, 7) is 0.215. The number of phenols is 1. The van der Waals surface area contributed by atoms with Gasteiger partial charge in [0, 0.05) is 24.5 Å². The normalized spacial score (nSPS) is 15.2. The zero-order valence-corrected chi connectivity index (χ0v) is 16.6. The third kappa shape index (κ3) is 4.64. The maximum Gasteiger partial charge on any atom is 0.326 e. The maximum atomic E-state index is 14.9. The summed E-state index contributed by atoms with van der Waals surface area (Å²) in [6, 6.07) is 4.21. The molecule has 1 aromatic heterocycles. The predicted octanol–water partition coefficient (Wildman–Crippen LogP) is 0.611. The first-order valence-electron chi connectivity index (χ1n) is 8.63. The van der Waals surface area contributed by atoms with Crippen LogP contribution in [0, 0.1) is 17.7 Å². The van der Waals surface area contributed by atoms with Crippen molar-refractivity contribution in [3.05, 3.63) is 53.1 Å². The Hall–Kier alpha value is -3.16. The second-order valence-electron chi connectivity index (χ2n) is 6.72. The Bertz CT molecular complexity index is 1120. The number of amides is 1. The fourth-order valence-corrected chi connectivity index (χ4v) is 3.88. The first kappa shape index (κ1) is 20.6. The van der Waals surface area contributed by atoms with Gasteiger partial charge in [-0.25, -0.2) is 13.4 Å². The van der Waals surface area contributed by atoms with E-state index < -0.39 is 39.9 Å². The van der Waals surface area contributed by atoms with Crippen molar-refractivity contribution in [2.45, 2.75) is 6.42 Å². The molecule has 0 radical (unpaired) electrons. The van der Waals surface area contributed by atoms with E-state index in [-0.39, 0.29) is 5.56 Å². The topological polar surface area (TPSA) is 103 Å². The summed E-state index contributed by atoms with van der Waals surface area (Å²) < 4.78 is 41.1. The molecule has 8 nitrogen and oxygen atoms in total. The van der Waals surface area contributed by atoms with Crippen molar-refractivity contribution < 1.29 is 22.7 Å². The molecule has 1 aromatic carbocycles. The Kier molecular flexibility index (Phi) is 5.72. The van der Waals surface area contributed by atoms with Crippen molar-refractivity contribution >= 4 is 21.8 Å². The lowest BCUT2D eigenvalue weighted by Crippen LogP contribution is -2.30. The Morgan fingerprint density at radius 1 is 1.31 bits per heavy atom. The standard InChI is InChI=1S/C19H19FN4O4S/c1-23(2)8-7-14-9-13(10-21-11-14)3-4-15-5-6-16(25)19(18(15)20)24-12-17(26)22-29(24,27)28/h5-6,9-11,25H,7-8,12H2,1-2H3,(H,22,26). The van der Waals surface area contributed by atoms with Crippen LogP contribution >= 0.6 is 0 Å². The van der Waals surface area contributed by atoms with Gasteiger partial charge >= 0.3 is 10.2 Å². The Morgan fingerprint density at radius 2 is 2.07 bits per heavy atom. The van der Waals surface area contributed by atoms with Gasteiger partial charge in [-0.15, -0.1) is 0 Å². The molecule has 0 unspecified atom stereocenters. The molecule has 152 valence electrons. The van der Waals surface area contributed by atoms with Gasteiger partial charge in [0.05, 0.1) is 5.56 Å². The highest BCUT2D eigenvalue weighted by molar-refractivity contribution is 7.92. The van der Waals surface area contributed by atoms with E-state index in [1.807, 2.05) is 25.1 Å². The monoisotopic (exact) mass is 418 g/mol. The van der Waals surface area contributed by atoms with E-state index in [9.17, 15) is 22.7 Å². The number of nitrogens with zero attached hydrogens (tertiary/aromatic N) is 3. The highest BCUT2D eigenvalue weighted by Crippen LogP contribution is 2.34. The summed E-state index contributed by atoms with van der Waals surface area (Å²) in [7, 11) is -0.337. The van der Waals surface area contributed by atoms with Gasteiger partial charge in [0.25, 0.3) is 5.91 Å². The van der Waals surface area contributed by atoms with Crippen LogP contribution in [-0.4, -0.2) is 56.5 Å². The van der Waals surface area contributed by atoms with Crippen molar-refractivity contribution in [2.24, 2.45) is 0 Å². The average molecular weight is 418 g/mol. The molecule has 0 spiro atoms. The summed E-state index contributed by atoms with van der Waals surface area (Å²) in [5.74, 6) is 2.97. The number of likely N-dealkylation sites (N-methyl/N-ethyl adjacent to an activating group) is 1. The van der Waals surface area contributed by atoms with Crippen LogP contribution < -0.4 is 9.03 Å². The lowest BCUT2D eigenvalue weighted by atomic mass is 10.1. The summed E-state index contributed by atoms with van der Waals surface area (Å²) in [5, 5.41) is 9.97. The van der Waals surface area contributed by atoms with Crippen molar-refractivity contribution in [3.63, 3.8) is 0 Å². The Balaban J connectivity index is 1.93. The van der Waals surface area contributed by atoms with Crippen molar-refractivity contribution in [3.8, 4) is 17.6 Å². The zero-order valence-electron chi connectivity index (χ0n) is 15.8. The first-order chi connectivity index (χ1) is 13.7. The summed E-state index contributed by atoms with van der Waals surface area (Å²) in [4.78, 5) is 17.6. The van der Waals surface area contributed by atoms with E-state index in [0.717, 1.165) is 24.6 Å². The van der Waals surface area contributed by atoms with Gasteiger partial charge in [-0.2, -0.15) is 8.42 Å². The second-order valence-corrected chi connectivity index (χ2v) is 8.31. The van der Waals surface area contributed by atoms with E-state index in [0.29, 0.717) is 9.87 Å². The zero-order chi connectivity index (χ0) is 21.2. The van der Waals surface area contributed by atoms with E-state index in [1.165, 1.54) is 6.07 Å². The lowest BCUT2D eigenvalue weighted by Gasteiger charge is -2.17. The number of rotatable bonds is 4. The van der Waals surface area contributed by atoms with Gasteiger partial charge in [-0.1, -0.05) is 11.8 Å². The van der Waals surface area contributed by atoms with Crippen LogP contribution in [0.1, 0.15) is 16.7 Å². The molecule has 10 heteroatoms. The average Bonchev–Trinajstić information content (AvgIpc) is 2.92. The van der Waals surface area contributed by atoms with Crippen LogP contribution in [0.5, 0.6) is 5.75 Å². The molecule has 3 rings (SSSR count). The highest BCUT2D eigenvalue weighted by Gasteiger charge is 2.37. The van der Waals surface area contributed by atoms with Gasteiger partial charge < -0.3 is 10.0 Å². The number of hydrogen-bond donors (Lipinski definition) is 2. The van der Waals surface area contributed by atoms with E-state index >= 15 is 0 Å². The summed E-state index contributed by atoms with van der Waals surface area (Å²) >= 11 is 0. The molecule has 29 heavy (non-hydrogen) atoms. The highest BCUT2D eigenvalue weighted by atomic mass is 32.2. The molecule has 0 atom stereocenters. The van der Waals surface area contributed by atoms with Crippen LogP contribution in [-0.2, 0) is 21.4 Å². The molecule has 1 aliphatic heterocycles. The number of hydrogen-bond acceptors (Lipinski definition) is 6. The molecule has 1 saturated heterocycles. The molecular formula is C19H19FN4O4S. The minimum absolute atomic E-state index is 0.119. The quantitative estimate of drug-likeness (QED) is 0.706. The summed E-state index contributed by atoms with van der Waals surface area (Å²) in [5.41, 5.74) is 0.810. The van der Waals surface area contributed by atoms with Crippen molar-refractivity contribution in [1.29, 1.82) is 0 Å². The number of nitrogens with one attached hydrogen (secondary N) is 1. The third-order valence-electron chi connectivity index (χ3n) is 4.15. The number of benzene rings is 1. The van der Waals surface area contributed by atoms with Crippen LogP contribution in [0.2, 0.25) is 0 Å². The largest absolute Gasteiger partial charge is 0.506 e. The van der Waals surface area contributed by atoms with Gasteiger partial charge in [0.15, 0.2) is 5.82 Å². The van der Waals surface area contributed by atoms with E-state index in [1.54, 1.807) is 17.1 Å². The molecule has 0 bridgehead atoms. The molecule has 1 aliphatic rings. The Morgan fingerprint density at radius 3 is 2.72 bits per heavy atom. The number of phenolic OH excluding ortho intramolecular Hbond substituents is 1.